The monoisotopic (exact) mass is 355 g/mol. The number of ether oxygens (including phenoxy) is 1. The van der Waals surface area contributed by atoms with Crippen molar-refractivity contribution in [3.8, 4) is 6.07 Å². The molecule has 0 saturated heterocycles. The molecule has 1 fully saturated rings. The Kier molecular flexibility index (Phi) is 4.68. The second-order valence-electron chi connectivity index (χ2n) is 6.46. The van der Waals surface area contributed by atoms with Gasteiger partial charge in [-0.2, -0.15) is 5.26 Å². The molecule has 3 atom stereocenters. The van der Waals surface area contributed by atoms with Crippen LogP contribution >= 0.6 is 0 Å². The summed E-state index contributed by atoms with van der Waals surface area (Å²) in [6, 6.07) is 18.4. The van der Waals surface area contributed by atoms with E-state index in [4.69, 9.17) is 4.74 Å². The Labute approximate surface area is 149 Å². The number of sulfone groups is 1. The van der Waals surface area contributed by atoms with Crippen molar-refractivity contribution in [3.05, 3.63) is 65.7 Å². The summed E-state index contributed by atoms with van der Waals surface area (Å²) in [5, 5.41) is 9.06. The number of hydrogen-bond acceptors (Lipinski definition) is 4. The molecule has 0 N–H and O–H groups in total. The molecule has 130 valence electrons. The SMILES string of the molecule is CCOC[C@@]1(C#N)[C@H](S(=O)(=O)c2ccc(C)cc2)[C@@H]1c1ccccc1. The molecule has 5 heteroatoms. The van der Waals surface area contributed by atoms with Gasteiger partial charge in [-0.05, 0) is 31.5 Å². The van der Waals surface area contributed by atoms with Crippen LogP contribution in [-0.4, -0.2) is 26.9 Å². The fraction of sp³-hybridized carbons (Fsp3) is 0.350. The van der Waals surface area contributed by atoms with Gasteiger partial charge in [0.1, 0.15) is 5.41 Å². The molecule has 25 heavy (non-hydrogen) atoms. The molecule has 2 aromatic rings. The van der Waals surface area contributed by atoms with Gasteiger partial charge in [-0.3, -0.25) is 0 Å². The minimum atomic E-state index is -3.63. The van der Waals surface area contributed by atoms with E-state index in [-0.39, 0.29) is 17.4 Å². The molecule has 1 aliphatic carbocycles. The molecule has 4 nitrogen and oxygen atoms in total. The zero-order chi connectivity index (χ0) is 18.1. The maximum absolute atomic E-state index is 13.2. The lowest BCUT2D eigenvalue weighted by atomic mass is 10.0. The average Bonchev–Trinajstić information content (AvgIpc) is 3.31. The predicted octanol–water partition coefficient (Wildman–Crippen LogP) is 3.48. The normalized spacial score (nSPS) is 25.3. The largest absolute Gasteiger partial charge is 0.380 e. The first kappa shape index (κ1) is 17.7. The molecule has 1 aliphatic rings. The van der Waals surface area contributed by atoms with E-state index in [9.17, 15) is 13.7 Å². The zero-order valence-corrected chi connectivity index (χ0v) is 15.2. The van der Waals surface area contributed by atoms with Gasteiger partial charge in [0.2, 0.25) is 0 Å². The van der Waals surface area contributed by atoms with Gasteiger partial charge < -0.3 is 4.74 Å². The van der Waals surface area contributed by atoms with E-state index in [0.717, 1.165) is 11.1 Å². The van der Waals surface area contributed by atoms with E-state index in [1.807, 2.05) is 44.2 Å². The van der Waals surface area contributed by atoms with Gasteiger partial charge in [0.15, 0.2) is 9.84 Å². The van der Waals surface area contributed by atoms with Crippen LogP contribution in [0.3, 0.4) is 0 Å². The van der Waals surface area contributed by atoms with Crippen LogP contribution in [0.25, 0.3) is 0 Å². The summed E-state index contributed by atoms with van der Waals surface area (Å²) in [4.78, 5) is 0.262. The highest BCUT2D eigenvalue weighted by atomic mass is 32.2. The maximum atomic E-state index is 13.2. The van der Waals surface area contributed by atoms with Crippen molar-refractivity contribution >= 4 is 9.84 Å². The third kappa shape index (κ3) is 2.97. The highest BCUT2D eigenvalue weighted by molar-refractivity contribution is 7.92. The number of hydrogen-bond donors (Lipinski definition) is 0. The standard InChI is InChI=1S/C20H21NO3S/c1-3-24-14-20(13-21)18(16-7-5-4-6-8-16)19(20)25(22,23)17-11-9-15(2)10-12-17/h4-12,18-19H,3,14H2,1-2H3/t18-,19+,20+/m0/s1. The Balaban J connectivity index is 2.05. The first-order chi connectivity index (χ1) is 12.0. The first-order valence-corrected chi connectivity index (χ1v) is 9.86. The molecular formula is C20H21NO3S. The molecule has 0 aliphatic heterocycles. The van der Waals surface area contributed by atoms with Gasteiger partial charge in [-0.15, -0.1) is 0 Å². The molecule has 0 amide bonds. The van der Waals surface area contributed by atoms with Gasteiger partial charge in [-0.25, -0.2) is 8.42 Å². The Morgan fingerprint density at radius 1 is 1.12 bits per heavy atom. The Morgan fingerprint density at radius 3 is 2.32 bits per heavy atom. The van der Waals surface area contributed by atoms with Gasteiger partial charge in [-0.1, -0.05) is 48.0 Å². The predicted molar refractivity (Wildman–Crippen MR) is 95.9 cm³/mol. The number of aryl methyl sites for hydroxylation is 1. The van der Waals surface area contributed by atoms with Crippen LogP contribution in [0.1, 0.15) is 24.0 Å². The minimum absolute atomic E-state index is 0.120. The summed E-state index contributed by atoms with van der Waals surface area (Å²) in [7, 11) is -3.63. The van der Waals surface area contributed by atoms with E-state index >= 15 is 0 Å². The van der Waals surface area contributed by atoms with E-state index in [2.05, 4.69) is 6.07 Å². The zero-order valence-electron chi connectivity index (χ0n) is 14.3. The van der Waals surface area contributed by atoms with E-state index < -0.39 is 20.5 Å². The van der Waals surface area contributed by atoms with Crippen molar-refractivity contribution in [2.75, 3.05) is 13.2 Å². The molecule has 2 aromatic carbocycles. The Bertz CT molecular complexity index is 885. The molecule has 0 bridgehead atoms. The quantitative estimate of drug-likeness (QED) is 0.795. The first-order valence-electron chi connectivity index (χ1n) is 8.32. The van der Waals surface area contributed by atoms with Crippen LogP contribution in [0.5, 0.6) is 0 Å². The highest BCUT2D eigenvalue weighted by Gasteiger charge is 2.72. The second-order valence-corrected chi connectivity index (χ2v) is 8.53. The fourth-order valence-electron chi connectivity index (χ4n) is 3.48. The number of nitriles is 1. The van der Waals surface area contributed by atoms with Crippen molar-refractivity contribution in [3.63, 3.8) is 0 Å². The van der Waals surface area contributed by atoms with Gasteiger partial charge in [0.05, 0.1) is 22.8 Å². The summed E-state index contributed by atoms with van der Waals surface area (Å²) in [5.74, 6) is -0.378. The van der Waals surface area contributed by atoms with Gasteiger partial charge >= 0.3 is 0 Å². The molecule has 0 radical (unpaired) electrons. The van der Waals surface area contributed by atoms with Crippen LogP contribution in [0.15, 0.2) is 59.5 Å². The van der Waals surface area contributed by atoms with Crippen molar-refractivity contribution < 1.29 is 13.2 Å². The molecule has 0 aromatic heterocycles. The summed E-state index contributed by atoms with van der Waals surface area (Å²) in [5.41, 5.74) is 0.820. The lowest BCUT2D eigenvalue weighted by molar-refractivity contribution is 0.117. The van der Waals surface area contributed by atoms with Crippen LogP contribution in [0.4, 0.5) is 0 Å². The lowest BCUT2D eigenvalue weighted by Crippen LogP contribution is -2.19. The van der Waals surface area contributed by atoms with Crippen LogP contribution in [0, 0.1) is 23.7 Å². The molecule has 0 spiro atoms. The number of benzene rings is 2. The summed E-state index contributed by atoms with van der Waals surface area (Å²) in [6.07, 6.45) is 0. The smallest absolute Gasteiger partial charge is 0.183 e. The van der Waals surface area contributed by atoms with Gasteiger partial charge in [0.25, 0.3) is 0 Å². The topological polar surface area (TPSA) is 67.2 Å². The molecular weight excluding hydrogens is 334 g/mol. The number of nitrogens with zero attached hydrogens (tertiary/aromatic N) is 1. The maximum Gasteiger partial charge on any atom is 0.183 e. The number of rotatable bonds is 6. The summed E-state index contributed by atoms with van der Waals surface area (Å²) >= 11 is 0. The Morgan fingerprint density at radius 2 is 1.76 bits per heavy atom. The molecule has 0 unspecified atom stereocenters. The lowest BCUT2D eigenvalue weighted by Gasteiger charge is -2.10. The molecule has 1 saturated carbocycles. The minimum Gasteiger partial charge on any atom is -0.380 e. The van der Waals surface area contributed by atoms with Crippen LogP contribution < -0.4 is 0 Å². The second kappa shape index (κ2) is 6.62. The highest BCUT2D eigenvalue weighted by Crippen LogP contribution is 2.63. The summed E-state index contributed by atoms with van der Waals surface area (Å²) < 4.78 is 31.9. The molecule has 0 heterocycles. The van der Waals surface area contributed by atoms with Crippen molar-refractivity contribution in [1.29, 1.82) is 5.26 Å². The van der Waals surface area contributed by atoms with Crippen LogP contribution in [0.2, 0.25) is 0 Å². The van der Waals surface area contributed by atoms with E-state index in [0.29, 0.717) is 6.61 Å². The van der Waals surface area contributed by atoms with Crippen molar-refractivity contribution in [2.24, 2.45) is 5.41 Å². The average molecular weight is 355 g/mol. The third-order valence-corrected chi connectivity index (χ3v) is 7.14. The Hall–Kier alpha value is -2.16. The van der Waals surface area contributed by atoms with Crippen molar-refractivity contribution in [1.82, 2.24) is 0 Å². The molecule has 3 rings (SSSR count). The third-order valence-electron chi connectivity index (χ3n) is 4.85. The van der Waals surface area contributed by atoms with E-state index in [1.54, 1.807) is 24.3 Å². The van der Waals surface area contributed by atoms with Crippen LogP contribution in [-0.2, 0) is 14.6 Å². The van der Waals surface area contributed by atoms with Gasteiger partial charge in [0, 0.05) is 12.5 Å². The fourth-order valence-corrected chi connectivity index (χ4v) is 5.79. The van der Waals surface area contributed by atoms with Crippen molar-refractivity contribution in [2.45, 2.75) is 29.9 Å². The summed E-state index contributed by atoms with van der Waals surface area (Å²) in [6.45, 7) is 4.32. The van der Waals surface area contributed by atoms with E-state index in [1.165, 1.54) is 0 Å².